The third kappa shape index (κ3) is 3.81. The monoisotopic (exact) mass is 417 g/mol. The van der Waals surface area contributed by atoms with E-state index in [1.165, 1.54) is 12.1 Å². The number of Topliss-reactive ketones (excluding diaryl/α,β-unsaturated/α-hetero) is 1. The molecule has 0 amide bonds. The van der Waals surface area contributed by atoms with Gasteiger partial charge in [0.15, 0.2) is 27.9 Å². The predicted molar refractivity (Wildman–Crippen MR) is 81.4 cm³/mol. The molecule has 0 aliphatic carbocycles. The SMILES string of the molecule is CC(C)(I)C(=O)c1cc(S(=O)O)c(N)c(S(=O)O)c1. The van der Waals surface area contributed by atoms with E-state index in [1.54, 1.807) is 13.8 Å². The molecule has 0 aliphatic heterocycles. The van der Waals surface area contributed by atoms with Crippen LogP contribution in [0.2, 0.25) is 0 Å². The van der Waals surface area contributed by atoms with Crippen LogP contribution in [0.1, 0.15) is 24.2 Å². The molecule has 6 nitrogen and oxygen atoms in total. The van der Waals surface area contributed by atoms with Gasteiger partial charge in [-0.1, -0.05) is 22.6 Å². The minimum atomic E-state index is -2.45. The van der Waals surface area contributed by atoms with Crippen molar-refractivity contribution in [3.05, 3.63) is 17.7 Å². The molecule has 4 N–H and O–H groups in total. The lowest BCUT2D eigenvalue weighted by atomic mass is 10.0. The van der Waals surface area contributed by atoms with Crippen molar-refractivity contribution < 1.29 is 22.3 Å². The van der Waals surface area contributed by atoms with Crippen LogP contribution in [0.3, 0.4) is 0 Å². The smallest absolute Gasteiger partial charge is 0.188 e. The van der Waals surface area contributed by atoms with Gasteiger partial charge in [0, 0.05) is 5.56 Å². The van der Waals surface area contributed by atoms with Gasteiger partial charge in [0.25, 0.3) is 0 Å². The molecule has 9 heteroatoms. The normalized spacial score (nSPS) is 15.0. The Morgan fingerprint density at radius 3 is 1.84 bits per heavy atom. The van der Waals surface area contributed by atoms with Crippen molar-refractivity contribution in [1.82, 2.24) is 0 Å². The van der Waals surface area contributed by atoms with Crippen LogP contribution in [-0.4, -0.2) is 26.7 Å². The van der Waals surface area contributed by atoms with Crippen LogP contribution in [0, 0.1) is 0 Å². The molecule has 0 saturated heterocycles. The van der Waals surface area contributed by atoms with E-state index < -0.39 is 25.6 Å². The summed E-state index contributed by atoms with van der Waals surface area (Å²) < 4.78 is 39.8. The summed E-state index contributed by atoms with van der Waals surface area (Å²) in [5, 5.41) is 0. The first-order valence-corrected chi connectivity index (χ1v) is 8.24. The van der Waals surface area contributed by atoms with E-state index in [4.69, 9.17) is 14.8 Å². The number of alkyl halides is 1. The van der Waals surface area contributed by atoms with Crippen LogP contribution < -0.4 is 5.73 Å². The average Bonchev–Trinajstić information content (AvgIpc) is 2.26. The fourth-order valence-corrected chi connectivity index (χ4v) is 2.79. The molecule has 0 fully saturated rings. The minimum Gasteiger partial charge on any atom is -0.397 e. The first-order chi connectivity index (χ1) is 8.55. The molecular weight excluding hydrogens is 405 g/mol. The van der Waals surface area contributed by atoms with E-state index in [0.717, 1.165) is 0 Å². The highest BCUT2D eigenvalue weighted by Gasteiger charge is 2.27. The average molecular weight is 417 g/mol. The molecule has 0 bridgehead atoms. The maximum Gasteiger partial charge on any atom is 0.188 e. The molecule has 0 aliphatic rings. The highest BCUT2D eigenvalue weighted by molar-refractivity contribution is 14.1. The zero-order valence-electron chi connectivity index (χ0n) is 10.0. The topological polar surface area (TPSA) is 118 Å². The molecule has 0 spiro atoms. The lowest BCUT2D eigenvalue weighted by Gasteiger charge is -2.16. The van der Waals surface area contributed by atoms with Crippen molar-refractivity contribution in [2.24, 2.45) is 0 Å². The summed E-state index contributed by atoms with van der Waals surface area (Å²) in [6, 6.07) is 2.34. The Bertz CT molecular complexity index is 547. The highest BCUT2D eigenvalue weighted by Crippen LogP contribution is 2.29. The molecule has 0 saturated carbocycles. The third-order valence-electron chi connectivity index (χ3n) is 2.28. The van der Waals surface area contributed by atoms with Crippen LogP contribution in [0.25, 0.3) is 0 Å². The first-order valence-electron chi connectivity index (χ1n) is 4.94. The fourth-order valence-electron chi connectivity index (χ4n) is 1.36. The number of nitrogens with two attached hydrogens (primary N) is 1. The first kappa shape index (κ1) is 16.7. The molecule has 19 heavy (non-hydrogen) atoms. The summed E-state index contributed by atoms with van der Waals surface area (Å²) in [5.41, 5.74) is 5.36. The summed E-state index contributed by atoms with van der Waals surface area (Å²) in [6.45, 7) is 3.33. The van der Waals surface area contributed by atoms with Gasteiger partial charge < -0.3 is 14.8 Å². The highest BCUT2D eigenvalue weighted by atomic mass is 127. The molecule has 106 valence electrons. The van der Waals surface area contributed by atoms with E-state index in [2.05, 4.69) is 0 Å². The molecule has 1 rings (SSSR count). The van der Waals surface area contributed by atoms with Gasteiger partial charge in [-0.15, -0.1) is 0 Å². The molecule has 2 unspecified atom stereocenters. The van der Waals surface area contributed by atoms with Crippen molar-refractivity contribution in [3.8, 4) is 0 Å². The Morgan fingerprint density at radius 2 is 1.58 bits per heavy atom. The van der Waals surface area contributed by atoms with E-state index >= 15 is 0 Å². The number of benzene rings is 1. The van der Waals surface area contributed by atoms with E-state index in [1.807, 2.05) is 22.6 Å². The second kappa shape index (κ2) is 5.95. The van der Waals surface area contributed by atoms with Crippen molar-refractivity contribution in [2.45, 2.75) is 27.1 Å². The van der Waals surface area contributed by atoms with Gasteiger partial charge in [-0.2, -0.15) is 0 Å². The van der Waals surface area contributed by atoms with E-state index in [0.29, 0.717) is 0 Å². The number of hydrogen-bond acceptors (Lipinski definition) is 4. The standard InChI is InChI=1S/C10H12INO5S2/c1-10(2,11)9(13)5-3-6(18(14)15)8(12)7(4-5)19(16)17/h3-4H,12H2,1-2H3,(H,14,15)(H,16,17). The van der Waals surface area contributed by atoms with Crippen LogP contribution in [0.5, 0.6) is 0 Å². The van der Waals surface area contributed by atoms with Crippen molar-refractivity contribution >= 4 is 56.2 Å². The molecule has 2 atom stereocenters. The predicted octanol–water partition coefficient (Wildman–Crippen LogP) is 1.83. The molecule has 0 aromatic heterocycles. The Kier molecular flexibility index (Phi) is 5.23. The number of carbonyl (C=O) groups excluding carboxylic acids is 1. The maximum atomic E-state index is 12.1. The number of halogens is 1. The summed E-state index contributed by atoms with van der Waals surface area (Å²) in [7, 11) is 0. The minimum absolute atomic E-state index is 0.0726. The zero-order chi connectivity index (χ0) is 15.0. The summed E-state index contributed by atoms with van der Waals surface area (Å²) in [4.78, 5) is 11.6. The molecule has 1 aromatic carbocycles. The van der Waals surface area contributed by atoms with E-state index in [-0.39, 0.29) is 26.8 Å². The Labute approximate surface area is 128 Å². The number of hydrogen-bond donors (Lipinski definition) is 3. The third-order valence-corrected chi connectivity index (χ3v) is 4.20. The molecule has 0 heterocycles. The zero-order valence-corrected chi connectivity index (χ0v) is 13.8. The van der Waals surface area contributed by atoms with Crippen LogP contribution in [0.4, 0.5) is 5.69 Å². The summed E-state index contributed by atoms with van der Waals surface area (Å²) >= 11 is -2.98. The number of anilines is 1. The van der Waals surface area contributed by atoms with Gasteiger partial charge in [-0.3, -0.25) is 4.79 Å². The molecular formula is C10H12INO5S2. The summed E-state index contributed by atoms with van der Waals surface area (Å²) in [5.74, 6) is -0.327. The van der Waals surface area contributed by atoms with Crippen molar-refractivity contribution in [3.63, 3.8) is 0 Å². The van der Waals surface area contributed by atoms with Gasteiger partial charge in [-0.05, 0) is 26.0 Å². The number of carbonyl (C=O) groups is 1. The van der Waals surface area contributed by atoms with Crippen LogP contribution >= 0.6 is 22.6 Å². The van der Waals surface area contributed by atoms with Crippen molar-refractivity contribution in [2.75, 3.05) is 5.73 Å². The van der Waals surface area contributed by atoms with Gasteiger partial charge in [-0.25, -0.2) is 8.42 Å². The Balaban J connectivity index is 3.57. The second-order valence-electron chi connectivity index (χ2n) is 4.19. The Morgan fingerprint density at radius 1 is 1.21 bits per heavy atom. The number of ketones is 1. The van der Waals surface area contributed by atoms with Gasteiger partial charge >= 0.3 is 0 Å². The lowest BCUT2D eigenvalue weighted by Crippen LogP contribution is -2.24. The maximum absolute atomic E-state index is 12.1. The summed E-state index contributed by atoms with van der Waals surface area (Å²) in [6.07, 6.45) is 0. The van der Waals surface area contributed by atoms with Gasteiger partial charge in [0.1, 0.15) is 0 Å². The van der Waals surface area contributed by atoms with Gasteiger partial charge in [0.2, 0.25) is 0 Å². The number of nitrogen functional groups attached to an aromatic ring is 1. The fraction of sp³-hybridized carbons (Fsp3) is 0.300. The lowest BCUT2D eigenvalue weighted by molar-refractivity contribution is 0.0965. The van der Waals surface area contributed by atoms with Crippen molar-refractivity contribution in [1.29, 1.82) is 0 Å². The van der Waals surface area contributed by atoms with Crippen LogP contribution in [0.15, 0.2) is 21.9 Å². The van der Waals surface area contributed by atoms with E-state index in [9.17, 15) is 13.2 Å². The Hall–Kier alpha value is -0.360. The second-order valence-corrected chi connectivity index (χ2v) is 8.76. The number of rotatable bonds is 4. The quantitative estimate of drug-likeness (QED) is 0.226. The molecule has 1 aromatic rings. The van der Waals surface area contributed by atoms with Gasteiger partial charge in [0.05, 0.1) is 18.9 Å². The largest absolute Gasteiger partial charge is 0.397 e. The van der Waals surface area contributed by atoms with Crippen LogP contribution in [-0.2, 0) is 22.2 Å². The molecule has 0 radical (unpaired) electrons.